The van der Waals surface area contributed by atoms with Crippen LogP contribution in [0.3, 0.4) is 0 Å². The van der Waals surface area contributed by atoms with E-state index in [0.717, 1.165) is 0 Å². The second-order valence-corrected chi connectivity index (χ2v) is 7.40. The first-order valence-corrected chi connectivity index (χ1v) is 9.59. The predicted molar refractivity (Wildman–Crippen MR) is 98.0 cm³/mol. The quantitative estimate of drug-likeness (QED) is 0.417. The van der Waals surface area contributed by atoms with E-state index in [9.17, 15) is 0 Å². The van der Waals surface area contributed by atoms with Gasteiger partial charge in [0, 0.05) is 0 Å². The molecule has 0 aromatic heterocycles. The molecule has 0 radical (unpaired) electrons. The van der Waals surface area contributed by atoms with Crippen molar-refractivity contribution < 1.29 is 67.5 Å². The van der Waals surface area contributed by atoms with E-state index in [-0.39, 0.29) is 24.4 Å². The zero-order chi connectivity index (χ0) is 26.8. The molecule has 11 nitrogen and oxygen atoms in total. The van der Waals surface area contributed by atoms with Crippen LogP contribution in [0.1, 0.15) is 34.6 Å². The number of hydrogen-bond donors (Lipinski definition) is 0. The summed E-state index contributed by atoms with van der Waals surface area (Å²) in [6, 6.07) is 0. The summed E-state index contributed by atoms with van der Waals surface area (Å²) < 4.78 is 73.4. The topological polar surface area (TPSA) is 155 Å². The summed E-state index contributed by atoms with van der Waals surface area (Å²) in [5.41, 5.74) is 0. The molecule has 3 rings (SSSR count). The van der Waals surface area contributed by atoms with E-state index in [2.05, 4.69) is 49.1 Å². The summed E-state index contributed by atoms with van der Waals surface area (Å²) in [4.78, 5) is 0. The molecule has 3 saturated heterocycles. The Morgan fingerprint density at radius 3 is 1.85 bits per heavy atom. The van der Waals surface area contributed by atoms with E-state index in [4.69, 9.17) is 51.7 Å². The Kier molecular flexibility index (Phi) is 20.5. The molecule has 3 heterocycles. The van der Waals surface area contributed by atoms with Crippen LogP contribution in [-0.4, -0.2) is 53.8 Å². The van der Waals surface area contributed by atoms with E-state index in [1.807, 2.05) is 40.7 Å². The number of ether oxygens (including phenoxy) is 6. The maximum absolute atomic E-state index is 7.50. The fourth-order valence-corrected chi connectivity index (χ4v) is 3.49. The molecule has 0 aromatic rings. The van der Waals surface area contributed by atoms with E-state index < -0.39 is 11.6 Å². The average Bonchev–Trinajstić information content (AvgIpc) is 3.45. The van der Waals surface area contributed by atoms with Crippen LogP contribution in [0.15, 0.2) is 11.8 Å². The minimum absolute atomic E-state index is 0.197. The third-order valence-corrected chi connectivity index (χ3v) is 4.32. The fraction of sp³-hybridized carbons (Fsp3) is 0.619. The minimum atomic E-state index is -0.658. The Morgan fingerprint density at radius 2 is 1.42 bits per heavy atom. The Labute approximate surface area is 201 Å². The molecule has 0 aliphatic carbocycles. The molecule has 0 unspecified atom stereocenters. The molecule has 0 bridgehead atoms. The molecule has 3 aliphatic rings. The van der Waals surface area contributed by atoms with Crippen molar-refractivity contribution in [2.45, 2.75) is 70.6 Å². The molecule has 3 aliphatic heterocycles. The summed E-state index contributed by atoms with van der Waals surface area (Å²) in [7, 11) is 0. The number of fused-ring (bicyclic) bond motifs is 1. The molecule has 0 amide bonds. The van der Waals surface area contributed by atoms with E-state index in [1.54, 1.807) is 0 Å². The van der Waals surface area contributed by atoms with Crippen molar-refractivity contribution in [2.24, 2.45) is 0 Å². The van der Waals surface area contributed by atoms with Crippen LogP contribution >= 0.6 is 0 Å². The summed E-state index contributed by atoms with van der Waals surface area (Å²) in [5, 5.41) is 0. The molecule has 3 fully saturated rings. The van der Waals surface area contributed by atoms with Crippen LogP contribution in [0, 0.1) is 33.3 Å². The van der Waals surface area contributed by atoms with Gasteiger partial charge in [0.2, 0.25) is 0 Å². The molecule has 0 aromatic carbocycles. The Hall–Kier alpha value is -1.56. The molecule has 33 heavy (non-hydrogen) atoms. The van der Waals surface area contributed by atoms with Gasteiger partial charge in [-0.25, -0.2) is 0 Å². The van der Waals surface area contributed by atoms with Crippen molar-refractivity contribution >= 4 is 4.57 Å². The van der Waals surface area contributed by atoms with E-state index in [0.29, 0.717) is 23.5 Å². The monoisotopic (exact) mass is 504 g/mol. The zero-order valence-electron chi connectivity index (χ0n) is 18.7. The van der Waals surface area contributed by atoms with Gasteiger partial charge in [-0.15, -0.1) is 0 Å². The van der Waals surface area contributed by atoms with Crippen LogP contribution in [0.4, 0.5) is 0 Å². The molecule has 4 atom stereocenters. The van der Waals surface area contributed by atoms with Crippen molar-refractivity contribution in [3.05, 3.63) is 45.1 Å². The summed E-state index contributed by atoms with van der Waals surface area (Å²) in [6.07, 6.45) is 0.855. The zero-order valence-corrected chi connectivity index (χ0v) is 20.0. The molecule has 0 spiro atoms. The molecular weight excluding hydrogens is 480 g/mol. The number of rotatable bonds is 4. The van der Waals surface area contributed by atoms with Gasteiger partial charge in [0.15, 0.2) is 0 Å². The second kappa shape index (κ2) is 18.8. The van der Waals surface area contributed by atoms with Gasteiger partial charge >= 0.3 is 201 Å². The van der Waals surface area contributed by atoms with Crippen LogP contribution in [0.5, 0.6) is 0 Å². The van der Waals surface area contributed by atoms with E-state index in [1.165, 1.54) is 0 Å². The first-order valence-electron chi connectivity index (χ1n) is 8.95. The van der Waals surface area contributed by atoms with Crippen molar-refractivity contribution in [2.75, 3.05) is 13.2 Å². The van der Waals surface area contributed by atoms with Gasteiger partial charge in [-0.3, -0.25) is 0 Å². The van der Waals surface area contributed by atoms with Gasteiger partial charge in [-0.2, -0.15) is 0 Å². The van der Waals surface area contributed by atoms with Gasteiger partial charge in [0.25, 0.3) is 0 Å². The molecular formula is C21H24CrO11. The summed E-state index contributed by atoms with van der Waals surface area (Å²) >= 11 is 2.89. The van der Waals surface area contributed by atoms with Crippen molar-refractivity contribution in [3.8, 4) is 0 Å². The molecule has 0 N–H and O–H groups in total. The summed E-state index contributed by atoms with van der Waals surface area (Å²) in [5.74, 6) is -0.568. The first kappa shape index (κ1) is 36.0. The van der Waals surface area contributed by atoms with Gasteiger partial charge in [0.05, 0.1) is 0 Å². The summed E-state index contributed by atoms with van der Waals surface area (Å²) in [6.45, 7) is 33.1. The Morgan fingerprint density at radius 1 is 0.909 bits per heavy atom. The van der Waals surface area contributed by atoms with Gasteiger partial charge in [-0.05, 0) is 0 Å². The van der Waals surface area contributed by atoms with Crippen molar-refractivity contribution in [1.82, 2.24) is 0 Å². The van der Waals surface area contributed by atoms with Crippen LogP contribution < -0.4 is 0 Å². The fourth-order valence-electron chi connectivity index (χ4n) is 3.12. The SMILES string of the molecule is CCO[C](=[Cr])/C=C1\O[C@H]([C@@H]2COC(C)(C)O2)[C@@H]2OC(C)(C)O[C@H]12.[C-]#[O+].[C-]#[O+].[C-]#[O+].[C-]#[O+].[C-]#[O+]. The Balaban J connectivity index is -0.000000798. The first-order chi connectivity index (χ1) is 15.7. The average molecular weight is 504 g/mol. The van der Waals surface area contributed by atoms with E-state index >= 15 is 0 Å². The third kappa shape index (κ3) is 11.4. The van der Waals surface area contributed by atoms with Crippen molar-refractivity contribution in [1.29, 1.82) is 0 Å². The molecule has 12 heteroatoms. The molecule has 0 saturated carbocycles. The van der Waals surface area contributed by atoms with Crippen LogP contribution in [-0.2, 0) is 67.5 Å². The third-order valence-electron chi connectivity index (χ3n) is 3.95. The predicted octanol–water partition coefficient (Wildman–Crippen LogP) is 1.47. The van der Waals surface area contributed by atoms with Gasteiger partial charge < -0.3 is 0 Å². The van der Waals surface area contributed by atoms with Crippen molar-refractivity contribution in [3.63, 3.8) is 0 Å². The van der Waals surface area contributed by atoms with Crippen LogP contribution in [0.25, 0.3) is 0 Å². The normalized spacial score (nSPS) is 27.8. The van der Waals surface area contributed by atoms with Gasteiger partial charge in [-0.1, -0.05) is 0 Å². The van der Waals surface area contributed by atoms with Crippen LogP contribution in [0.2, 0.25) is 0 Å². The Bertz CT molecular complexity index is 683. The standard InChI is InChI=1S/C16H24O6.5CO.Cr/c1-6-17-8-7-10-13-14(22-16(4,5)21-13)12(19-10)11-9-18-15(2,3)20-11;5*1-2;/h7,11-14H,6,9H2,1-5H3;;;;;;/b10-7-;;;;;;/t11-,12+,13+,14-;;;;;;/m0....../s1. The number of hydrogen-bond acceptors (Lipinski definition) is 6. The second-order valence-electron chi connectivity index (χ2n) is 6.77. The maximum atomic E-state index is 7.50. The molecule has 180 valence electrons. The van der Waals surface area contributed by atoms with Gasteiger partial charge in [0.1, 0.15) is 0 Å².